The first kappa shape index (κ1) is 54.1. The standard InChI is InChI=1S/C25H33FN6O2Si.C21H24FN5O3Si.C4H11N/c1-7-16(2)28-25(33)19-14-32(15-34-10-11-35(4,5)6)24-23(19)29-20(13-27-24)22-18-9-8-17(26)12-21(18)31(3)30-22;1-26-17-9-13(22)5-6-14(17)18(25-26)16-10-23-20-19(24-16)15(21(28)29)11-27(20)12-30-7-8-31(2,3)4;1-3-4(2)5/h8-9,12-14,16H,7,10-11,15H2,1-6H3,(H,28,33);5-6,9-11H,7-8,12H2,1-4H3,(H,28,29);4H,3,5H2,1-2H3/t16-;;4-/m0.0/s1. The second-order valence-electron chi connectivity index (χ2n) is 20.3. The van der Waals surface area contributed by atoms with Crippen LogP contribution in [0.4, 0.5) is 8.78 Å². The van der Waals surface area contributed by atoms with E-state index in [2.05, 4.69) is 76.7 Å². The Balaban J connectivity index is 0.000000213. The van der Waals surface area contributed by atoms with Gasteiger partial charge >= 0.3 is 5.97 Å². The van der Waals surface area contributed by atoms with Crippen LogP contribution in [0, 0.1) is 11.6 Å². The van der Waals surface area contributed by atoms with Gasteiger partial charge < -0.3 is 34.8 Å². The number of aromatic nitrogens is 10. The van der Waals surface area contributed by atoms with Crippen LogP contribution in [0.25, 0.3) is 66.9 Å². The Labute approximate surface area is 414 Å². The molecule has 0 fully saturated rings. The average Bonchev–Trinajstić information content (AvgIpc) is 4.06. The number of aryl methyl sites for hydroxylation is 2. The van der Waals surface area contributed by atoms with E-state index in [4.69, 9.17) is 20.2 Å². The first-order valence-corrected chi connectivity index (χ1v) is 31.3. The summed E-state index contributed by atoms with van der Waals surface area (Å²) in [7, 11) is 1.04. The number of hydrogen-bond donors (Lipinski definition) is 3. The van der Waals surface area contributed by atoms with Crippen LogP contribution < -0.4 is 11.1 Å². The number of carboxylic acid groups (broad SMARTS) is 1. The summed E-state index contributed by atoms with van der Waals surface area (Å²) in [5, 5.41) is 23.2. The van der Waals surface area contributed by atoms with Gasteiger partial charge in [-0.3, -0.25) is 14.2 Å². The summed E-state index contributed by atoms with van der Waals surface area (Å²) in [5.74, 6) is -1.98. The van der Waals surface area contributed by atoms with Crippen molar-refractivity contribution in [1.82, 2.24) is 53.9 Å². The van der Waals surface area contributed by atoms with Crippen molar-refractivity contribution in [3.8, 4) is 22.8 Å². The molecule has 6 heterocycles. The van der Waals surface area contributed by atoms with Gasteiger partial charge in [-0.1, -0.05) is 53.1 Å². The van der Waals surface area contributed by atoms with E-state index in [1.165, 1.54) is 30.5 Å². The maximum atomic E-state index is 13.8. The Morgan fingerprint density at radius 1 is 0.718 bits per heavy atom. The summed E-state index contributed by atoms with van der Waals surface area (Å²) in [6, 6.07) is 11.4. The number of hydrogen-bond acceptors (Lipinski definition) is 11. The van der Waals surface area contributed by atoms with Gasteiger partial charge in [0, 0.05) is 78.7 Å². The third-order valence-electron chi connectivity index (χ3n) is 11.8. The van der Waals surface area contributed by atoms with Gasteiger partial charge in [-0.05, 0) is 75.2 Å². The van der Waals surface area contributed by atoms with E-state index >= 15 is 0 Å². The molecule has 8 aromatic rings. The fourth-order valence-electron chi connectivity index (χ4n) is 7.18. The number of benzene rings is 2. The van der Waals surface area contributed by atoms with Crippen molar-refractivity contribution in [2.75, 3.05) is 13.2 Å². The van der Waals surface area contributed by atoms with Gasteiger partial charge in [-0.15, -0.1) is 0 Å². The molecule has 0 saturated heterocycles. The van der Waals surface area contributed by atoms with Crippen LogP contribution in [0.15, 0.2) is 61.2 Å². The Bertz CT molecular complexity index is 3150. The molecule has 0 aliphatic heterocycles. The van der Waals surface area contributed by atoms with E-state index in [0.29, 0.717) is 80.8 Å². The molecule has 0 aliphatic rings. The van der Waals surface area contributed by atoms with Gasteiger partial charge in [0.05, 0.1) is 29.0 Å². The summed E-state index contributed by atoms with van der Waals surface area (Å²) < 4.78 is 45.8. The molecule has 0 bridgehead atoms. The summed E-state index contributed by atoms with van der Waals surface area (Å²) >= 11 is 0. The van der Waals surface area contributed by atoms with Gasteiger partial charge in [0.15, 0.2) is 11.3 Å². The van der Waals surface area contributed by atoms with Crippen LogP contribution in [-0.2, 0) is 37.0 Å². The third-order valence-corrected chi connectivity index (χ3v) is 15.2. The van der Waals surface area contributed by atoms with Crippen molar-refractivity contribution < 1.29 is 33.0 Å². The van der Waals surface area contributed by atoms with Crippen LogP contribution in [0.2, 0.25) is 51.4 Å². The molecule has 4 N–H and O–H groups in total. The van der Waals surface area contributed by atoms with E-state index < -0.39 is 22.1 Å². The minimum atomic E-state index is -1.22. The number of aromatic carboxylic acids is 1. The maximum Gasteiger partial charge on any atom is 0.339 e. The number of nitrogens with two attached hydrogens (primary N) is 1. The van der Waals surface area contributed by atoms with Gasteiger partial charge in [-0.2, -0.15) is 10.2 Å². The normalized spacial score (nSPS) is 12.8. The molecule has 21 heteroatoms. The zero-order valence-electron chi connectivity index (χ0n) is 43.0. The van der Waals surface area contributed by atoms with Gasteiger partial charge in [0.2, 0.25) is 0 Å². The van der Waals surface area contributed by atoms with Crippen LogP contribution >= 0.6 is 0 Å². The molecule has 71 heavy (non-hydrogen) atoms. The van der Waals surface area contributed by atoms with E-state index in [9.17, 15) is 23.5 Å². The first-order valence-electron chi connectivity index (χ1n) is 23.9. The molecule has 0 saturated carbocycles. The SMILES string of the molecule is CC[C@H](C)N.CC[C@H](C)NC(=O)c1cn(COCC[Si](C)(C)C)c2ncc(-c3nn(C)c4cc(F)ccc34)nc12.Cn1nc(-c2cnc3c(n2)c(C(=O)O)cn3COCC[Si](C)(C)C)c2ccc(F)cc21. The van der Waals surface area contributed by atoms with Gasteiger partial charge in [-0.25, -0.2) is 33.5 Å². The highest BCUT2D eigenvalue weighted by Gasteiger charge is 2.24. The predicted octanol–water partition coefficient (Wildman–Crippen LogP) is 9.84. The topological polar surface area (TPSA) is 208 Å². The van der Waals surface area contributed by atoms with Crippen molar-refractivity contribution in [3.63, 3.8) is 0 Å². The number of fused-ring (bicyclic) bond motifs is 4. The lowest BCUT2D eigenvalue weighted by Gasteiger charge is -2.15. The lowest BCUT2D eigenvalue weighted by Crippen LogP contribution is -2.31. The lowest BCUT2D eigenvalue weighted by atomic mass is 10.1. The fraction of sp³-hybridized carbons (Fsp3) is 0.440. The van der Waals surface area contributed by atoms with Crippen molar-refractivity contribution in [1.29, 1.82) is 0 Å². The summed E-state index contributed by atoms with van der Waals surface area (Å²) in [6.45, 7) is 23.6. The molecule has 0 spiro atoms. The van der Waals surface area contributed by atoms with E-state index in [1.54, 1.807) is 58.7 Å². The quantitative estimate of drug-likeness (QED) is 0.0575. The van der Waals surface area contributed by atoms with Crippen molar-refractivity contribution in [2.45, 2.75) is 117 Å². The number of nitrogens with zero attached hydrogens (tertiary/aromatic N) is 10. The second kappa shape index (κ2) is 22.9. The number of halogens is 2. The highest BCUT2D eigenvalue weighted by molar-refractivity contribution is 6.76. The smallest absolute Gasteiger partial charge is 0.339 e. The van der Waals surface area contributed by atoms with E-state index in [0.717, 1.165) is 30.3 Å². The molecule has 2 atom stereocenters. The minimum absolute atomic E-state index is 0.0275. The molecule has 1 amide bonds. The number of carboxylic acids is 1. The lowest BCUT2D eigenvalue weighted by molar-refractivity contribution is 0.0695. The number of amides is 1. The van der Waals surface area contributed by atoms with Crippen LogP contribution in [0.1, 0.15) is 61.3 Å². The molecule has 0 aliphatic carbocycles. The zero-order chi connectivity index (χ0) is 51.9. The Morgan fingerprint density at radius 2 is 1.14 bits per heavy atom. The number of carbonyl (C=O) groups excluding carboxylic acids is 1. The number of rotatable bonds is 17. The molecule has 2 aromatic carbocycles. The van der Waals surface area contributed by atoms with Gasteiger partial charge in [0.1, 0.15) is 64.5 Å². The Morgan fingerprint density at radius 3 is 1.54 bits per heavy atom. The molecule has 0 unspecified atom stereocenters. The number of nitrogens with one attached hydrogen (secondary N) is 1. The van der Waals surface area contributed by atoms with Crippen LogP contribution in [0.5, 0.6) is 0 Å². The highest BCUT2D eigenvalue weighted by Crippen LogP contribution is 2.31. The number of ether oxygens (including phenoxy) is 2. The first-order chi connectivity index (χ1) is 33.5. The third kappa shape index (κ3) is 13.6. The van der Waals surface area contributed by atoms with Gasteiger partial charge in [0.25, 0.3) is 5.91 Å². The monoisotopic (exact) mass is 1010 g/mol. The molecule has 0 radical (unpaired) electrons. The average molecular weight is 1010 g/mol. The van der Waals surface area contributed by atoms with Crippen molar-refractivity contribution in [3.05, 3.63) is 83.9 Å². The van der Waals surface area contributed by atoms with E-state index in [-0.39, 0.29) is 48.1 Å². The molecule has 17 nitrogen and oxygen atoms in total. The highest BCUT2D eigenvalue weighted by atomic mass is 28.3. The summed E-state index contributed by atoms with van der Waals surface area (Å²) in [6.07, 6.45) is 8.35. The summed E-state index contributed by atoms with van der Waals surface area (Å²) in [4.78, 5) is 43.4. The summed E-state index contributed by atoms with van der Waals surface area (Å²) in [5.41, 5.74) is 10.8. The molecule has 380 valence electrons. The largest absolute Gasteiger partial charge is 0.478 e. The molecule has 8 rings (SSSR count). The second-order valence-corrected chi connectivity index (χ2v) is 31.6. The Hall–Kier alpha value is -6.27. The van der Waals surface area contributed by atoms with Crippen LogP contribution in [-0.4, -0.2) is 107 Å². The fourth-order valence-corrected chi connectivity index (χ4v) is 8.69. The Kier molecular flexibility index (Phi) is 17.4. The molecule has 6 aromatic heterocycles. The van der Waals surface area contributed by atoms with E-state index in [1.807, 2.05) is 25.3 Å². The maximum absolute atomic E-state index is 13.8. The van der Waals surface area contributed by atoms with Crippen molar-refractivity contribution in [2.24, 2.45) is 19.8 Å². The molecular formula is C50H68F2N12O5Si2. The number of carbonyl (C=O) groups is 2. The van der Waals surface area contributed by atoms with Crippen LogP contribution in [0.3, 0.4) is 0 Å². The molecular weight excluding hydrogens is 943 g/mol. The zero-order valence-corrected chi connectivity index (χ0v) is 45.0. The minimum Gasteiger partial charge on any atom is -0.478 e. The van der Waals surface area contributed by atoms with Crippen molar-refractivity contribution >= 4 is 72.2 Å². The predicted molar refractivity (Wildman–Crippen MR) is 281 cm³/mol.